The third-order valence-corrected chi connectivity index (χ3v) is 5.68. The van der Waals surface area contributed by atoms with Gasteiger partial charge in [-0.2, -0.15) is 0 Å². The van der Waals surface area contributed by atoms with E-state index in [-0.39, 0.29) is 11.8 Å². The van der Waals surface area contributed by atoms with Gasteiger partial charge in [-0.1, -0.05) is 109 Å². The summed E-state index contributed by atoms with van der Waals surface area (Å²) in [5.41, 5.74) is 1.78. The lowest BCUT2D eigenvalue weighted by molar-refractivity contribution is -0.116. The third-order valence-electron chi connectivity index (χ3n) is 5.68. The molecule has 29 heavy (non-hydrogen) atoms. The van der Waals surface area contributed by atoms with E-state index in [1.54, 1.807) is 0 Å². The highest BCUT2D eigenvalue weighted by Crippen LogP contribution is 2.17. The molecule has 0 aliphatic heterocycles. The van der Waals surface area contributed by atoms with Gasteiger partial charge in [-0.3, -0.25) is 4.79 Å². The van der Waals surface area contributed by atoms with Crippen molar-refractivity contribution in [2.75, 3.05) is 5.32 Å². The van der Waals surface area contributed by atoms with Crippen molar-refractivity contribution in [2.24, 2.45) is 0 Å². The average Bonchev–Trinajstić information content (AvgIpc) is 2.74. The fourth-order valence-electron chi connectivity index (χ4n) is 3.65. The molecule has 1 aromatic carbocycles. The molecule has 0 fully saturated rings. The first-order valence-electron chi connectivity index (χ1n) is 12.0. The van der Waals surface area contributed by atoms with Gasteiger partial charge in [0.25, 0.3) is 0 Å². The Morgan fingerprint density at radius 2 is 1.24 bits per heavy atom. The molecule has 0 radical (unpaired) electrons. The molecule has 0 aromatic heterocycles. The molecule has 0 aliphatic carbocycles. The second-order valence-electron chi connectivity index (χ2n) is 8.44. The Hall–Kier alpha value is -1.64. The zero-order chi connectivity index (χ0) is 21.2. The lowest BCUT2D eigenvalue weighted by Gasteiger charge is -2.08. The van der Waals surface area contributed by atoms with Gasteiger partial charge in [0.1, 0.15) is 6.29 Å². The summed E-state index contributed by atoms with van der Waals surface area (Å²) in [6.07, 6.45) is 20.1. The largest absolute Gasteiger partial charge is 0.326 e. The Kier molecular flexibility index (Phi) is 15.1. The predicted octanol–water partition coefficient (Wildman–Crippen LogP) is 7.80. The summed E-state index contributed by atoms with van der Waals surface area (Å²) < 4.78 is 0. The van der Waals surface area contributed by atoms with Crippen molar-refractivity contribution < 1.29 is 9.59 Å². The number of rotatable bonds is 18. The van der Waals surface area contributed by atoms with Crippen LogP contribution in [-0.4, -0.2) is 12.2 Å². The van der Waals surface area contributed by atoms with E-state index in [1.807, 2.05) is 31.2 Å². The van der Waals surface area contributed by atoms with Gasteiger partial charge < -0.3 is 10.1 Å². The van der Waals surface area contributed by atoms with Crippen LogP contribution in [-0.2, 0) is 9.59 Å². The maximum Gasteiger partial charge on any atom is 0.224 e. The quantitative estimate of drug-likeness (QED) is 0.201. The van der Waals surface area contributed by atoms with Gasteiger partial charge in [0, 0.05) is 18.0 Å². The lowest BCUT2D eigenvalue weighted by Crippen LogP contribution is -2.11. The van der Waals surface area contributed by atoms with Crippen molar-refractivity contribution in [1.82, 2.24) is 0 Å². The number of carbonyl (C=O) groups is 2. The molecule has 0 saturated heterocycles. The second-order valence-corrected chi connectivity index (χ2v) is 8.44. The fourth-order valence-corrected chi connectivity index (χ4v) is 3.65. The molecule has 0 spiro atoms. The van der Waals surface area contributed by atoms with Crippen LogP contribution in [0, 0.1) is 0 Å². The summed E-state index contributed by atoms with van der Waals surface area (Å²) in [5.74, 6) is -0.0181. The molecule has 0 aliphatic rings. The summed E-state index contributed by atoms with van der Waals surface area (Å²) >= 11 is 0. The van der Waals surface area contributed by atoms with Gasteiger partial charge in [0.15, 0.2) is 0 Å². The SMILES string of the molecule is CCCCCCCCCCCCCCCCC(=O)Nc1ccc(C(C)C=O)cc1. The van der Waals surface area contributed by atoms with Crippen LogP contribution in [0.5, 0.6) is 0 Å². The third kappa shape index (κ3) is 13.2. The highest BCUT2D eigenvalue weighted by atomic mass is 16.1. The molecule has 0 heterocycles. The monoisotopic (exact) mass is 401 g/mol. The smallest absolute Gasteiger partial charge is 0.224 e. The topological polar surface area (TPSA) is 46.2 Å². The van der Waals surface area contributed by atoms with Crippen molar-refractivity contribution in [3.63, 3.8) is 0 Å². The normalized spacial score (nSPS) is 11.9. The standard InChI is InChI=1S/C26H43NO2/c1-3-4-5-6-7-8-9-10-11-12-13-14-15-16-17-26(29)27-25-20-18-24(19-21-25)23(2)22-28/h18-23H,3-17H2,1-2H3,(H,27,29). The van der Waals surface area contributed by atoms with Crippen molar-refractivity contribution in [3.8, 4) is 0 Å². The number of hydrogen-bond acceptors (Lipinski definition) is 2. The number of hydrogen-bond donors (Lipinski definition) is 1. The molecule has 1 rings (SSSR count). The van der Waals surface area contributed by atoms with E-state index in [4.69, 9.17) is 0 Å². The second kappa shape index (κ2) is 17.2. The van der Waals surface area contributed by atoms with Gasteiger partial charge >= 0.3 is 0 Å². The predicted molar refractivity (Wildman–Crippen MR) is 124 cm³/mol. The molecule has 1 unspecified atom stereocenters. The number of carbonyl (C=O) groups excluding carboxylic acids is 2. The van der Waals surface area contributed by atoms with E-state index >= 15 is 0 Å². The molecule has 1 aromatic rings. The molecule has 3 heteroatoms. The van der Waals surface area contributed by atoms with E-state index in [1.165, 1.54) is 77.0 Å². The van der Waals surface area contributed by atoms with E-state index in [9.17, 15) is 9.59 Å². The Balaban J connectivity index is 1.93. The maximum atomic E-state index is 12.0. The number of anilines is 1. The van der Waals surface area contributed by atoms with Crippen LogP contribution in [0.2, 0.25) is 0 Å². The van der Waals surface area contributed by atoms with Crippen molar-refractivity contribution in [2.45, 2.75) is 116 Å². The Morgan fingerprint density at radius 3 is 1.69 bits per heavy atom. The minimum atomic E-state index is -0.102. The van der Waals surface area contributed by atoms with Crippen LogP contribution >= 0.6 is 0 Å². The first kappa shape index (κ1) is 25.4. The maximum absolute atomic E-state index is 12.0. The average molecular weight is 402 g/mol. The summed E-state index contributed by atoms with van der Waals surface area (Å²) in [5, 5.41) is 2.95. The van der Waals surface area contributed by atoms with Crippen LogP contribution in [0.3, 0.4) is 0 Å². The van der Waals surface area contributed by atoms with Crippen LogP contribution in [0.25, 0.3) is 0 Å². The summed E-state index contributed by atoms with van der Waals surface area (Å²) in [6, 6.07) is 7.55. The van der Waals surface area contributed by atoms with Gasteiger partial charge in [-0.05, 0) is 24.1 Å². The van der Waals surface area contributed by atoms with Gasteiger partial charge in [-0.15, -0.1) is 0 Å². The lowest BCUT2D eigenvalue weighted by atomic mass is 10.0. The zero-order valence-corrected chi connectivity index (χ0v) is 18.9. The molecule has 0 bridgehead atoms. The summed E-state index contributed by atoms with van der Waals surface area (Å²) in [4.78, 5) is 22.8. The van der Waals surface area contributed by atoms with E-state index in [2.05, 4.69) is 12.2 Å². The van der Waals surface area contributed by atoms with Crippen LogP contribution in [0.4, 0.5) is 5.69 Å². The summed E-state index contributed by atoms with van der Waals surface area (Å²) in [6.45, 7) is 4.14. The Morgan fingerprint density at radius 1 is 0.793 bits per heavy atom. The van der Waals surface area contributed by atoms with E-state index in [0.29, 0.717) is 6.42 Å². The molecule has 1 amide bonds. The number of nitrogens with one attached hydrogen (secondary N) is 1. The number of amides is 1. The molecule has 164 valence electrons. The molecule has 1 atom stereocenters. The van der Waals surface area contributed by atoms with Crippen LogP contribution in [0.15, 0.2) is 24.3 Å². The highest BCUT2D eigenvalue weighted by Gasteiger charge is 2.05. The van der Waals surface area contributed by atoms with Gasteiger partial charge in [0.05, 0.1) is 0 Å². The van der Waals surface area contributed by atoms with Crippen molar-refractivity contribution in [1.29, 1.82) is 0 Å². The minimum absolute atomic E-state index is 0.0834. The summed E-state index contributed by atoms with van der Waals surface area (Å²) in [7, 11) is 0. The Labute approximate surface area is 179 Å². The van der Waals surface area contributed by atoms with E-state index in [0.717, 1.165) is 30.4 Å². The van der Waals surface area contributed by atoms with E-state index < -0.39 is 0 Å². The van der Waals surface area contributed by atoms with Gasteiger partial charge in [0.2, 0.25) is 5.91 Å². The molecule has 3 nitrogen and oxygen atoms in total. The fraction of sp³-hybridized carbons (Fsp3) is 0.692. The molecule has 1 N–H and O–H groups in total. The van der Waals surface area contributed by atoms with Gasteiger partial charge in [-0.25, -0.2) is 0 Å². The Bertz CT molecular complexity index is 538. The van der Waals surface area contributed by atoms with Crippen LogP contribution in [0.1, 0.15) is 122 Å². The zero-order valence-electron chi connectivity index (χ0n) is 18.9. The number of benzene rings is 1. The first-order chi connectivity index (χ1) is 14.2. The number of unbranched alkanes of at least 4 members (excludes halogenated alkanes) is 13. The number of aldehydes is 1. The van der Waals surface area contributed by atoms with Crippen molar-refractivity contribution >= 4 is 17.9 Å². The molecular formula is C26H43NO2. The molecular weight excluding hydrogens is 358 g/mol. The van der Waals surface area contributed by atoms with Crippen LogP contribution < -0.4 is 5.32 Å². The van der Waals surface area contributed by atoms with Crippen molar-refractivity contribution in [3.05, 3.63) is 29.8 Å². The molecule has 0 saturated carbocycles. The minimum Gasteiger partial charge on any atom is -0.326 e. The highest BCUT2D eigenvalue weighted by molar-refractivity contribution is 5.90. The first-order valence-corrected chi connectivity index (χ1v) is 12.0.